The number of likely N-dealkylation sites (tertiary alicyclic amines) is 1. The summed E-state index contributed by atoms with van der Waals surface area (Å²) in [5.41, 5.74) is 1.45. The van der Waals surface area contributed by atoms with E-state index in [-0.39, 0.29) is 0 Å². The van der Waals surface area contributed by atoms with Gasteiger partial charge >= 0.3 is 0 Å². The Kier molecular flexibility index (Phi) is 5.44. The molecule has 0 saturated carbocycles. The predicted molar refractivity (Wildman–Crippen MR) is 93.4 cm³/mol. The molecule has 0 N–H and O–H groups in total. The first-order valence-electron chi connectivity index (χ1n) is 8.85. The highest BCUT2D eigenvalue weighted by Gasteiger charge is 2.21. The van der Waals surface area contributed by atoms with Crippen LogP contribution in [0, 0.1) is 19.8 Å². The fourth-order valence-electron chi connectivity index (χ4n) is 3.63. The van der Waals surface area contributed by atoms with Gasteiger partial charge in [-0.15, -0.1) is 0 Å². The van der Waals surface area contributed by atoms with Crippen LogP contribution in [0.5, 0.6) is 0 Å². The molecule has 1 fully saturated rings. The SMILES string of the molecule is Cc1nc(C)n(C[C@@H]2CCCN(CCCc3ccccc3)C2)n1. The lowest BCUT2D eigenvalue weighted by Crippen LogP contribution is -2.38. The second-order valence-corrected chi connectivity index (χ2v) is 6.79. The zero-order valence-corrected chi connectivity index (χ0v) is 14.4. The van der Waals surface area contributed by atoms with Crippen LogP contribution in [0.15, 0.2) is 30.3 Å². The monoisotopic (exact) mass is 312 g/mol. The lowest BCUT2D eigenvalue weighted by molar-refractivity contribution is 0.158. The van der Waals surface area contributed by atoms with Gasteiger partial charge in [0.15, 0.2) is 0 Å². The van der Waals surface area contributed by atoms with Gasteiger partial charge in [0.1, 0.15) is 11.6 Å². The number of piperidine rings is 1. The van der Waals surface area contributed by atoms with Crippen molar-refractivity contribution in [1.29, 1.82) is 0 Å². The summed E-state index contributed by atoms with van der Waals surface area (Å²) in [5.74, 6) is 2.64. The molecule has 0 radical (unpaired) electrons. The number of hydrogen-bond acceptors (Lipinski definition) is 3. The summed E-state index contributed by atoms with van der Waals surface area (Å²) < 4.78 is 2.09. The van der Waals surface area contributed by atoms with Crippen molar-refractivity contribution in [2.45, 2.75) is 46.1 Å². The first kappa shape index (κ1) is 16.2. The molecular formula is C19H28N4. The van der Waals surface area contributed by atoms with Crippen molar-refractivity contribution < 1.29 is 0 Å². The van der Waals surface area contributed by atoms with Crippen LogP contribution < -0.4 is 0 Å². The van der Waals surface area contributed by atoms with Crippen molar-refractivity contribution in [1.82, 2.24) is 19.7 Å². The van der Waals surface area contributed by atoms with Crippen molar-refractivity contribution in [3.05, 3.63) is 47.5 Å². The van der Waals surface area contributed by atoms with Gasteiger partial charge in [-0.05, 0) is 64.1 Å². The maximum absolute atomic E-state index is 4.52. The minimum Gasteiger partial charge on any atom is -0.303 e. The highest BCUT2D eigenvalue weighted by molar-refractivity contribution is 5.14. The van der Waals surface area contributed by atoms with Crippen LogP contribution in [0.2, 0.25) is 0 Å². The van der Waals surface area contributed by atoms with Crippen LogP contribution in [-0.4, -0.2) is 39.3 Å². The lowest BCUT2D eigenvalue weighted by atomic mass is 9.97. The molecule has 1 aromatic carbocycles. The van der Waals surface area contributed by atoms with Gasteiger partial charge < -0.3 is 4.90 Å². The van der Waals surface area contributed by atoms with Gasteiger partial charge in [-0.3, -0.25) is 0 Å². The fraction of sp³-hybridized carbons (Fsp3) is 0.579. The third-order valence-electron chi connectivity index (χ3n) is 4.78. The largest absolute Gasteiger partial charge is 0.303 e. The van der Waals surface area contributed by atoms with Crippen molar-refractivity contribution in [2.75, 3.05) is 19.6 Å². The molecule has 0 unspecified atom stereocenters. The Bertz CT molecular complexity index is 605. The summed E-state index contributed by atoms with van der Waals surface area (Å²) in [5, 5.41) is 4.52. The average molecular weight is 312 g/mol. The van der Waals surface area contributed by atoms with Crippen molar-refractivity contribution in [3.63, 3.8) is 0 Å². The first-order chi connectivity index (χ1) is 11.2. The number of nitrogens with zero attached hydrogens (tertiary/aromatic N) is 4. The van der Waals surface area contributed by atoms with E-state index in [1.54, 1.807) is 0 Å². The Morgan fingerprint density at radius 2 is 2.00 bits per heavy atom. The van der Waals surface area contributed by atoms with Crippen LogP contribution >= 0.6 is 0 Å². The Balaban J connectivity index is 1.45. The molecule has 1 atom stereocenters. The molecular weight excluding hydrogens is 284 g/mol. The number of aryl methyl sites for hydroxylation is 3. The summed E-state index contributed by atoms with van der Waals surface area (Å²) in [4.78, 5) is 7.05. The second-order valence-electron chi connectivity index (χ2n) is 6.79. The molecule has 3 rings (SSSR count). The summed E-state index contributed by atoms with van der Waals surface area (Å²) in [6, 6.07) is 10.8. The molecule has 0 amide bonds. The lowest BCUT2D eigenvalue weighted by Gasteiger charge is -2.32. The molecule has 124 valence electrons. The third kappa shape index (κ3) is 4.64. The molecule has 4 heteroatoms. The Morgan fingerprint density at radius 3 is 2.74 bits per heavy atom. The van der Waals surface area contributed by atoms with E-state index < -0.39 is 0 Å². The van der Waals surface area contributed by atoms with E-state index in [0.29, 0.717) is 5.92 Å². The van der Waals surface area contributed by atoms with Crippen molar-refractivity contribution >= 4 is 0 Å². The zero-order chi connectivity index (χ0) is 16.1. The minimum atomic E-state index is 0.709. The molecule has 0 spiro atoms. The van der Waals surface area contributed by atoms with Gasteiger partial charge in [-0.2, -0.15) is 5.10 Å². The van der Waals surface area contributed by atoms with Crippen LogP contribution in [0.1, 0.15) is 36.5 Å². The summed E-state index contributed by atoms with van der Waals surface area (Å²) in [7, 11) is 0. The molecule has 1 saturated heterocycles. The Labute approximate surface area is 139 Å². The molecule has 4 nitrogen and oxygen atoms in total. The van der Waals surface area contributed by atoms with Crippen molar-refractivity contribution in [2.24, 2.45) is 5.92 Å². The van der Waals surface area contributed by atoms with E-state index in [9.17, 15) is 0 Å². The highest BCUT2D eigenvalue weighted by Crippen LogP contribution is 2.19. The van der Waals surface area contributed by atoms with Gasteiger partial charge in [0.2, 0.25) is 0 Å². The Hall–Kier alpha value is -1.68. The predicted octanol–water partition coefficient (Wildman–Crippen LogP) is 3.24. The molecule has 1 aliphatic rings. The standard InChI is InChI=1S/C19H28N4/c1-16-20-17(2)23(21-16)15-19-11-7-13-22(14-19)12-6-10-18-8-4-3-5-9-18/h3-5,8-9,19H,6-7,10-15H2,1-2H3/t19-/m1/s1. The minimum absolute atomic E-state index is 0.709. The fourth-order valence-corrected chi connectivity index (χ4v) is 3.63. The number of benzene rings is 1. The van der Waals surface area contributed by atoms with E-state index in [4.69, 9.17) is 0 Å². The highest BCUT2D eigenvalue weighted by atomic mass is 15.3. The van der Waals surface area contributed by atoms with E-state index in [1.165, 1.54) is 50.9 Å². The quantitative estimate of drug-likeness (QED) is 0.821. The molecule has 1 aliphatic heterocycles. The number of hydrogen-bond donors (Lipinski definition) is 0. The third-order valence-corrected chi connectivity index (χ3v) is 4.78. The van der Waals surface area contributed by atoms with Crippen LogP contribution in [-0.2, 0) is 13.0 Å². The summed E-state index contributed by atoms with van der Waals surface area (Å²) in [6.07, 6.45) is 5.05. The number of aromatic nitrogens is 3. The topological polar surface area (TPSA) is 34.0 Å². The molecule has 23 heavy (non-hydrogen) atoms. The molecule has 2 aromatic rings. The first-order valence-corrected chi connectivity index (χ1v) is 8.85. The molecule has 2 heterocycles. The molecule has 1 aromatic heterocycles. The molecule has 0 aliphatic carbocycles. The smallest absolute Gasteiger partial charge is 0.147 e. The number of rotatable bonds is 6. The zero-order valence-electron chi connectivity index (χ0n) is 14.4. The van der Waals surface area contributed by atoms with Gasteiger partial charge in [0.25, 0.3) is 0 Å². The van der Waals surface area contributed by atoms with Crippen LogP contribution in [0.25, 0.3) is 0 Å². The van der Waals surface area contributed by atoms with Crippen molar-refractivity contribution in [3.8, 4) is 0 Å². The summed E-state index contributed by atoms with van der Waals surface area (Å²) >= 11 is 0. The van der Waals surface area contributed by atoms with E-state index >= 15 is 0 Å². The van der Waals surface area contributed by atoms with E-state index in [0.717, 1.165) is 18.2 Å². The van der Waals surface area contributed by atoms with Gasteiger partial charge in [-0.25, -0.2) is 9.67 Å². The average Bonchev–Trinajstić information content (AvgIpc) is 2.86. The van der Waals surface area contributed by atoms with E-state index in [1.807, 2.05) is 6.92 Å². The Morgan fingerprint density at radius 1 is 1.17 bits per heavy atom. The van der Waals surface area contributed by atoms with Crippen LogP contribution in [0.4, 0.5) is 0 Å². The normalized spacial score (nSPS) is 19.1. The summed E-state index contributed by atoms with van der Waals surface area (Å²) in [6.45, 7) is 8.71. The van der Waals surface area contributed by atoms with Gasteiger partial charge in [0, 0.05) is 13.1 Å². The maximum Gasteiger partial charge on any atom is 0.147 e. The van der Waals surface area contributed by atoms with Gasteiger partial charge in [-0.1, -0.05) is 30.3 Å². The van der Waals surface area contributed by atoms with Gasteiger partial charge in [0.05, 0.1) is 0 Å². The molecule has 0 bridgehead atoms. The second kappa shape index (κ2) is 7.73. The van der Waals surface area contributed by atoms with E-state index in [2.05, 4.69) is 56.9 Å². The maximum atomic E-state index is 4.52. The van der Waals surface area contributed by atoms with Crippen LogP contribution in [0.3, 0.4) is 0 Å².